The van der Waals surface area contributed by atoms with Crippen LogP contribution in [0, 0.1) is 5.92 Å². The number of aromatic nitrogens is 1. The molecule has 1 aromatic heterocycles. The zero-order valence-corrected chi connectivity index (χ0v) is 11.3. The van der Waals surface area contributed by atoms with Gasteiger partial charge in [-0.1, -0.05) is 6.07 Å². The van der Waals surface area contributed by atoms with Crippen molar-refractivity contribution >= 4 is 11.8 Å². The molecule has 1 saturated heterocycles. The Morgan fingerprint density at radius 1 is 1.53 bits per heavy atom. The summed E-state index contributed by atoms with van der Waals surface area (Å²) in [6.07, 6.45) is 2.00. The standard InChI is InChI=1S/C14H19N3O2/c1-10(2)16-14(19)11-7-13(18)17(8-11)9-12-5-3-4-6-15-12/h3-6,10-11H,7-9H2,1-2H3,(H,16,19). The molecule has 19 heavy (non-hydrogen) atoms. The van der Waals surface area contributed by atoms with Crippen LogP contribution in [0.4, 0.5) is 0 Å². The first-order valence-electron chi connectivity index (χ1n) is 6.54. The zero-order chi connectivity index (χ0) is 13.8. The number of rotatable bonds is 4. The Kier molecular flexibility index (Phi) is 4.14. The molecule has 0 saturated carbocycles. The molecule has 1 fully saturated rings. The fourth-order valence-electron chi connectivity index (χ4n) is 2.19. The second-order valence-electron chi connectivity index (χ2n) is 5.16. The van der Waals surface area contributed by atoms with Gasteiger partial charge in [-0.2, -0.15) is 0 Å². The van der Waals surface area contributed by atoms with Crippen molar-refractivity contribution in [2.75, 3.05) is 6.54 Å². The van der Waals surface area contributed by atoms with Crippen LogP contribution in [0.5, 0.6) is 0 Å². The minimum Gasteiger partial charge on any atom is -0.354 e. The molecule has 1 aromatic rings. The maximum atomic E-state index is 11.9. The molecular weight excluding hydrogens is 242 g/mol. The van der Waals surface area contributed by atoms with Crippen molar-refractivity contribution < 1.29 is 9.59 Å². The summed E-state index contributed by atoms with van der Waals surface area (Å²) in [5.41, 5.74) is 0.848. The Balaban J connectivity index is 1.94. The van der Waals surface area contributed by atoms with Crippen LogP contribution in [0.25, 0.3) is 0 Å². The average molecular weight is 261 g/mol. The first-order chi connectivity index (χ1) is 9.06. The molecule has 5 heteroatoms. The highest BCUT2D eigenvalue weighted by Gasteiger charge is 2.34. The normalized spacial score (nSPS) is 19.0. The minimum atomic E-state index is -0.237. The van der Waals surface area contributed by atoms with Gasteiger partial charge in [-0.15, -0.1) is 0 Å². The Hall–Kier alpha value is -1.91. The van der Waals surface area contributed by atoms with Crippen LogP contribution in [0.15, 0.2) is 24.4 Å². The summed E-state index contributed by atoms with van der Waals surface area (Å²) in [4.78, 5) is 29.7. The monoisotopic (exact) mass is 261 g/mol. The zero-order valence-electron chi connectivity index (χ0n) is 11.3. The van der Waals surface area contributed by atoms with Crippen molar-refractivity contribution in [3.05, 3.63) is 30.1 Å². The van der Waals surface area contributed by atoms with Crippen molar-refractivity contribution in [1.82, 2.24) is 15.2 Å². The predicted octanol–water partition coefficient (Wildman–Crippen LogP) is 0.955. The van der Waals surface area contributed by atoms with Crippen molar-refractivity contribution in [3.63, 3.8) is 0 Å². The minimum absolute atomic E-state index is 0.0227. The van der Waals surface area contributed by atoms with E-state index in [2.05, 4.69) is 10.3 Å². The van der Waals surface area contributed by atoms with Gasteiger partial charge >= 0.3 is 0 Å². The maximum Gasteiger partial charge on any atom is 0.225 e. The van der Waals surface area contributed by atoms with Crippen LogP contribution in [0.1, 0.15) is 26.0 Å². The first kappa shape index (κ1) is 13.5. The van der Waals surface area contributed by atoms with Crippen LogP contribution < -0.4 is 5.32 Å². The molecule has 2 rings (SSSR count). The summed E-state index contributed by atoms with van der Waals surface area (Å²) in [5.74, 6) is -0.250. The molecule has 1 aliphatic heterocycles. The van der Waals surface area contributed by atoms with Crippen molar-refractivity contribution in [2.45, 2.75) is 32.9 Å². The Morgan fingerprint density at radius 2 is 2.32 bits per heavy atom. The van der Waals surface area contributed by atoms with Gasteiger partial charge in [0.25, 0.3) is 0 Å². The molecule has 0 aromatic carbocycles. The van der Waals surface area contributed by atoms with E-state index < -0.39 is 0 Å². The summed E-state index contributed by atoms with van der Waals surface area (Å²) in [5, 5.41) is 2.86. The van der Waals surface area contributed by atoms with Gasteiger partial charge in [-0.05, 0) is 26.0 Å². The number of hydrogen-bond acceptors (Lipinski definition) is 3. The number of likely N-dealkylation sites (tertiary alicyclic amines) is 1. The first-order valence-corrected chi connectivity index (χ1v) is 6.54. The molecule has 0 spiro atoms. The number of pyridine rings is 1. The van der Waals surface area contributed by atoms with Gasteiger partial charge in [0.1, 0.15) is 0 Å². The Labute approximate surface area is 113 Å². The highest BCUT2D eigenvalue weighted by molar-refractivity contribution is 5.89. The topological polar surface area (TPSA) is 62.3 Å². The SMILES string of the molecule is CC(C)NC(=O)C1CC(=O)N(Cc2ccccn2)C1. The van der Waals surface area contributed by atoms with E-state index in [-0.39, 0.29) is 23.8 Å². The third-order valence-corrected chi connectivity index (χ3v) is 3.10. The molecule has 1 unspecified atom stereocenters. The number of nitrogens with one attached hydrogen (secondary N) is 1. The van der Waals surface area contributed by atoms with Crippen LogP contribution in [-0.4, -0.2) is 34.3 Å². The summed E-state index contributed by atoms with van der Waals surface area (Å²) in [7, 11) is 0. The Bertz CT molecular complexity index is 459. The number of hydrogen-bond donors (Lipinski definition) is 1. The predicted molar refractivity (Wildman–Crippen MR) is 71.0 cm³/mol. The smallest absolute Gasteiger partial charge is 0.225 e. The molecule has 1 aliphatic rings. The summed E-state index contributed by atoms with van der Waals surface area (Å²) < 4.78 is 0. The van der Waals surface area contributed by atoms with E-state index in [9.17, 15) is 9.59 Å². The lowest BCUT2D eigenvalue weighted by atomic mass is 10.1. The van der Waals surface area contributed by atoms with Crippen LogP contribution >= 0.6 is 0 Å². The lowest BCUT2D eigenvalue weighted by Crippen LogP contribution is -2.36. The molecule has 1 atom stereocenters. The van der Waals surface area contributed by atoms with Crippen LogP contribution in [-0.2, 0) is 16.1 Å². The maximum absolute atomic E-state index is 11.9. The van der Waals surface area contributed by atoms with E-state index in [0.717, 1.165) is 5.69 Å². The second kappa shape index (κ2) is 5.82. The van der Waals surface area contributed by atoms with Gasteiger partial charge in [-0.25, -0.2) is 0 Å². The molecule has 1 N–H and O–H groups in total. The van der Waals surface area contributed by atoms with Crippen molar-refractivity contribution in [2.24, 2.45) is 5.92 Å². The van der Waals surface area contributed by atoms with Gasteiger partial charge in [0.05, 0.1) is 18.2 Å². The number of carbonyl (C=O) groups is 2. The lowest BCUT2D eigenvalue weighted by Gasteiger charge is -2.16. The third-order valence-electron chi connectivity index (χ3n) is 3.10. The van der Waals surface area contributed by atoms with Gasteiger partial charge in [0.2, 0.25) is 11.8 Å². The van der Waals surface area contributed by atoms with Crippen molar-refractivity contribution in [3.8, 4) is 0 Å². The van der Waals surface area contributed by atoms with Gasteiger partial charge < -0.3 is 10.2 Å². The molecule has 102 valence electrons. The summed E-state index contributed by atoms with van der Waals surface area (Å²) >= 11 is 0. The van der Waals surface area contributed by atoms with Gasteiger partial charge in [0.15, 0.2) is 0 Å². The Morgan fingerprint density at radius 3 is 2.95 bits per heavy atom. The number of carbonyl (C=O) groups excluding carboxylic acids is 2. The van der Waals surface area contributed by atoms with E-state index in [1.54, 1.807) is 11.1 Å². The molecule has 0 aliphatic carbocycles. The van der Waals surface area contributed by atoms with E-state index >= 15 is 0 Å². The number of amides is 2. The molecule has 2 heterocycles. The second-order valence-corrected chi connectivity index (χ2v) is 5.16. The van der Waals surface area contributed by atoms with Gasteiger partial charge in [0, 0.05) is 25.2 Å². The summed E-state index contributed by atoms with van der Waals surface area (Å²) in [6, 6.07) is 5.72. The quantitative estimate of drug-likeness (QED) is 0.878. The van der Waals surface area contributed by atoms with E-state index in [0.29, 0.717) is 19.5 Å². The van der Waals surface area contributed by atoms with E-state index in [4.69, 9.17) is 0 Å². The fraction of sp³-hybridized carbons (Fsp3) is 0.500. The molecule has 0 bridgehead atoms. The number of nitrogens with zero attached hydrogens (tertiary/aromatic N) is 2. The third kappa shape index (κ3) is 3.53. The summed E-state index contributed by atoms with van der Waals surface area (Å²) in [6.45, 7) is 4.79. The van der Waals surface area contributed by atoms with E-state index in [1.807, 2.05) is 32.0 Å². The van der Waals surface area contributed by atoms with Crippen molar-refractivity contribution in [1.29, 1.82) is 0 Å². The molecule has 5 nitrogen and oxygen atoms in total. The largest absolute Gasteiger partial charge is 0.354 e. The van der Waals surface area contributed by atoms with Gasteiger partial charge in [-0.3, -0.25) is 14.6 Å². The van der Waals surface area contributed by atoms with E-state index in [1.165, 1.54) is 0 Å². The lowest BCUT2D eigenvalue weighted by molar-refractivity contribution is -0.129. The molecule has 0 radical (unpaired) electrons. The van der Waals surface area contributed by atoms with Crippen LogP contribution in [0.2, 0.25) is 0 Å². The highest BCUT2D eigenvalue weighted by Crippen LogP contribution is 2.19. The molecule has 2 amide bonds. The van der Waals surface area contributed by atoms with Crippen LogP contribution in [0.3, 0.4) is 0 Å². The molecular formula is C14H19N3O2. The fourth-order valence-corrected chi connectivity index (χ4v) is 2.19. The highest BCUT2D eigenvalue weighted by atomic mass is 16.2. The average Bonchev–Trinajstić information content (AvgIpc) is 2.72.